The highest BCUT2D eigenvalue weighted by atomic mass is 16.5. The Kier molecular flexibility index (Phi) is 23.7. The highest BCUT2D eigenvalue weighted by Gasteiger charge is 2.09. The molecule has 304 valence electrons. The minimum Gasteiger partial charge on any atom is -0.484 e. The van der Waals surface area contributed by atoms with E-state index in [0.29, 0.717) is 63.4 Å². The van der Waals surface area contributed by atoms with E-state index < -0.39 is 11.9 Å². The molecule has 0 aliphatic rings. The number of ether oxygens (including phenoxy) is 2. The van der Waals surface area contributed by atoms with Crippen molar-refractivity contribution in [3.63, 3.8) is 0 Å². The lowest BCUT2D eigenvalue weighted by Gasteiger charge is -2.11. The second-order valence-electron chi connectivity index (χ2n) is 13.6. The number of benzene rings is 2. The molecule has 0 bridgehead atoms. The summed E-state index contributed by atoms with van der Waals surface area (Å²) in [5.74, 6) is -0.960. The number of rotatable bonds is 31. The molecule has 0 fully saturated rings. The van der Waals surface area contributed by atoms with Gasteiger partial charge in [-0.3, -0.25) is 28.8 Å². The number of aliphatic carboxylic acids is 2. The third-order valence-corrected chi connectivity index (χ3v) is 8.56. The molecule has 14 heteroatoms. The Labute approximate surface area is 324 Å². The highest BCUT2D eigenvalue weighted by Crippen LogP contribution is 2.27. The van der Waals surface area contributed by atoms with Crippen molar-refractivity contribution in [2.24, 2.45) is 0 Å². The predicted octanol–water partition coefficient (Wildman–Crippen LogP) is 5.30. The minimum absolute atomic E-state index is 0.0138. The Morgan fingerprint density at radius 2 is 0.855 bits per heavy atom. The van der Waals surface area contributed by atoms with Gasteiger partial charge in [0.05, 0.1) is 0 Å². The Morgan fingerprint density at radius 1 is 0.455 bits per heavy atom. The van der Waals surface area contributed by atoms with Gasteiger partial charge in [-0.05, 0) is 99.2 Å². The number of aryl methyl sites for hydroxylation is 1. The summed E-state index contributed by atoms with van der Waals surface area (Å²) in [6, 6.07) is 13.1. The summed E-state index contributed by atoms with van der Waals surface area (Å²) in [5.41, 5.74) is 2.80. The fourth-order valence-corrected chi connectivity index (χ4v) is 5.56. The Hall–Kier alpha value is -5.14. The van der Waals surface area contributed by atoms with Crippen LogP contribution in [0.15, 0.2) is 42.5 Å². The third-order valence-electron chi connectivity index (χ3n) is 8.56. The quantitative estimate of drug-likeness (QED) is 0.0546. The van der Waals surface area contributed by atoms with Crippen LogP contribution in [0.4, 0.5) is 0 Å². The van der Waals surface area contributed by atoms with Crippen molar-refractivity contribution in [3.05, 3.63) is 48.0 Å². The van der Waals surface area contributed by atoms with Gasteiger partial charge in [0.15, 0.2) is 13.2 Å². The van der Waals surface area contributed by atoms with Crippen molar-refractivity contribution in [2.75, 3.05) is 39.4 Å². The van der Waals surface area contributed by atoms with E-state index in [4.69, 9.17) is 19.7 Å². The van der Waals surface area contributed by atoms with Gasteiger partial charge in [-0.25, -0.2) is 0 Å². The van der Waals surface area contributed by atoms with Crippen LogP contribution >= 0.6 is 0 Å². The van der Waals surface area contributed by atoms with E-state index >= 15 is 0 Å². The molecular weight excluding hydrogens is 708 g/mol. The second kappa shape index (κ2) is 28.3. The zero-order valence-electron chi connectivity index (χ0n) is 32.3. The van der Waals surface area contributed by atoms with Gasteiger partial charge in [0.25, 0.3) is 11.8 Å². The van der Waals surface area contributed by atoms with Gasteiger partial charge in [-0.1, -0.05) is 43.9 Å². The maximum atomic E-state index is 12.4. The summed E-state index contributed by atoms with van der Waals surface area (Å²) in [7, 11) is 0. The zero-order valence-corrected chi connectivity index (χ0v) is 32.3. The molecule has 0 spiro atoms. The van der Waals surface area contributed by atoms with Gasteiger partial charge in [0, 0.05) is 51.9 Å². The largest absolute Gasteiger partial charge is 0.484 e. The van der Waals surface area contributed by atoms with Gasteiger partial charge in [-0.2, -0.15) is 0 Å². The molecule has 0 atom stereocenters. The van der Waals surface area contributed by atoms with Crippen molar-refractivity contribution >= 4 is 35.6 Å². The number of nitrogens with one attached hydrogen (secondary N) is 4. The van der Waals surface area contributed by atoms with E-state index in [1.165, 1.54) is 0 Å². The zero-order chi connectivity index (χ0) is 40.1. The Morgan fingerprint density at radius 3 is 1.29 bits per heavy atom. The fraction of sp³-hybridized carbons (Fsp3) is 0.561. The van der Waals surface area contributed by atoms with E-state index in [0.717, 1.165) is 80.9 Å². The summed E-state index contributed by atoms with van der Waals surface area (Å²) >= 11 is 0. The standard InChI is InChI=1S/C41H60N4O10/c1-31-26-33(28-35(27-31)55-30-39(49)45-25-11-3-7-15-37(47)43-23-13-5-9-17-41(52)53)32-18-20-34(21-19-32)54-29-38(48)44-24-10-2-6-14-36(46)42-22-12-4-8-16-40(50)51/h18-21,26-28H,2-17,22-25,29-30H2,1H3,(H,42,46)(H,43,47)(H,44,48)(H,45,49)(H,50,51)(H,52,53). The van der Waals surface area contributed by atoms with Crippen molar-refractivity contribution in [1.82, 2.24) is 21.3 Å². The molecule has 14 nitrogen and oxygen atoms in total. The molecule has 0 aliphatic heterocycles. The molecule has 2 aromatic carbocycles. The third kappa shape index (κ3) is 24.0. The Bertz CT molecular complexity index is 1480. The highest BCUT2D eigenvalue weighted by molar-refractivity contribution is 5.78. The van der Waals surface area contributed by atoms with Crippen molar-refractivity contribution in [1.29, 1.82) is 0 Å². The molecular formula is C41H60N4O10. The monoisotopic (exact) mass is 768 g/mol. The van der Waals surface area contributed by atoms with Gasteiger partial charge in [0.1, 0.15) is 11.5 Å². The number of hydrogen-bond acceptors (Lipinski definition) is 8. The summed E-state index contributed by atoms with van der Waals surface area (Å²) in [4.78, 5) is 69.5. The number of carbonyl (C=O) groups is 6. The maximum Gasteiger partial charge on any atom is 0.303 e. The lowest BCUT2D eigenvalue weighted by molar-refractivity contribution is -0.138. The van der Waals surface area contributed by atoms with E-state index in [1.54, 1.807) is 12.1 Å². The first-order valence-electron chi connectivity index (χ1n) is 19.5. The normalized spacial score (nSPS) is 10.6. The van der Waals surface area contributed by atoms with Crippen molar-refractivity contribution < 1.29 is 48.5 Å². The van der Waals surface area contributed by atoms with Gasteiger partial charge in [-0.15, -0.1) is 0 Å². The first kappa shape index (κ1) is 46.0. The molecule has 0 saturated heterocycles. The molecule has 0 aromatic heterocycles. The number of carboxylic acids is 2. The van der Waals surface area contributed by atoms with E-state index in [9.17, 15) is 28.8 Å². The lowest BCUT2D eigenvalue weighted by atomic mass is 10.0. The predicted molar refractivity (Wildman–Crippen MR) is 209 cm³/mol. The van der Waals surface area contributed by atoms with E-state index in [2.05, 4.69) is 21.3 Å². The first-order valence-corrected chi connectivity index (χ1v) is 19.5. The number of amides is 4. The molecule has 0 saturated carbocycles. The smallest absolute Gasteiger partial charge is 0.303 e. The van der Waals surface area contributed by atoms with E-state index in [-0.39, 0.29) is 49.7 Å². The number of unbranched alkanes of at least 4 members (excludes halogenated alkanes) is 8. The summed E-state index contributed by atoms with van der Waals surface area (Å²) in [5, 5.41) is 28.7. The van der Waals surface area contributed by atoms with Gasteiger partial charge >= 0.3 is 11.9 Å². The molecule has 6 N–H and O–H groups in total. The number of carboxylic acid groups (broad SMARTS) is 2. The SMILES string of the molecule is Cc1cc(OCC(=O)NCCCCCC(=O)NCCCCCC(=O)O)cc(-c2ccc(OCC(=O)NCCCCCC(=O)NCCCCCC(=O)O)cc2)c1. The fourth-order valence-electron chi connectivity index (χ4n) is 5.56. The molecule has 2 rings (SSSR count). The van der Waals surface area contributed by atoms with Crippen LogP contribution in [0.25, 0.3) is 11.1 Å². The Balaban J connectivity index is 1.57. The van der Waals surface area contributed by atoms with E-state index in [1.807, 2.05) is 37.3 Å². The van der Waals surface area contributed by atoms with Crippen LogP contribution in [-0.4, -0.2) is 85.2 Å². The molecule has 2 aromatic rings. The van der Waals surface area contributed by atoms with Crippen LogP contribution in [0.5, 0.6) is 11.5 Å². The van der Waals surface area contributed by atoms with Crippen LogP contribution in [0.1, 0.15) is 108 Å². The van der Waals surface area contributed by atoms with Crippen LogP contribution in [0, 0.1) is 6.92 Å². The summed E-state index contributed by atoms with van der Waals surface area (Å²) in [6.45, 7) is 3.81. The molecule has 0 aliphatic carbocycles. The van der Waals surface area contributed by atoms with Crippen molar-refractivity contribution in [2.45, 2.75) is 110 Å². The molecule has 55 heavy (non-hydrogen) atoms. The summed E-state index contributed by atoms with van der Waals surface area (Å²) in [6.07, 6.45) is 10.0. The van der Waals surface area contributed by atoms with Gasteiger partial charge < -0.3 is 41.0 Å². The number of hydrogen-bond donors (Lipinski definition) is 6. The molecule has 0 radical (unpaired) electrons. The molecule has 0 heterocycles. The topological polar surface area (TPSA) is 209 Å². The van der Waals surface area contributed by atoms with Crippen LogP contribution in [0.3, 0.4) is 0 Å². The molecule has 4 amide bonds. The van der Waals surface area contributed by atoms with Gasteiger partial charge in [0.2, 0.25) is 11.8 Å². The lowest BCUT2D eigenvalue weighted by Crippen LogP contribution is -2.29. The number of carbonyl (C=O) groups excluding carboxylic acids is 4. The molecule has 0 unspecified atom stereocenters. The van der Waals surface area contributed by atoms with Crippen LogP contribution < -0.4 is 30.7 Å². The first-order chi connectivity index (χ1) is 26.5. The maximum absolute atomic E-state index is 12.4. The van der Waals surface area contributed by atoms with Crippen molar-refractivity contribution in [3.8, 4) is 22.6 Å². The van der Waals surface area contributed by atoms with Crippen LogP contribution in [0.2, 0.25) is 0 Å². The van der Waals surface area contributed by atoms with Crippen LogP contribution in [-0.2, 0) is 28.8 Å². The average Bonchev–Trinajstić information content (AvgIpc) is 3.15. The average molecular weight is 769 g/mol. The minimum atomic E-state index is -0.800. The summed E-state index contributed by atoms with van der Waals surface area (Å²) < 4.78 is 11.4. The second-order valence-corrected chi connectivity index (χ2v) is 13.6.